The van der Waals surface area contributed by atoms with Gasteiger partial charge in [0.15, 0.2) is 0 Å². The van der Waals surface area contributed by atoms with Crippen LogP contribution in [0.3, 0.4) is 0 Å². The third-order valence-corrected chi connectivity index (χ3v) is 2.38. The quantitative estimate of drug-likeness (QED) is 0.784. The van der Waals surface area contributed by atoms with Crippen LogP contribution in [0.5, 0.6) is 0 Å². The highest BCUT2D eigenvalue weighted by Gasteiger charge is 2.15. The van der Waals surface area contributed by atoms with Crippen molar-refractivity contribution in [2.24, 2.45) is 0 Å². The first-order valence-corrected chi connectivity index (χ1v) is 4.94. The van der Waals surface area contributed by atoms with Crippen molar-refractivity contribution in [1.82, 2.24) is 15.2 Å². The molecule has 0 unspecified atom stereocenters. The van der Waals surface area contributed by atoms with Gasteiger partial charge in [0.2, 0.25) is 0 Å². The number of nitrogens with two attached hydrogens (primary N) is 1. The molecule has 2 aromatic rings. The van der Waals surface area contributed by atoms with Gasteiger partial charge >= 0.3 is 0 Å². The third kappa shape index (κ3) is 1.70. The van der Waals surface area contributed by atoms with Gasteiger partial charge in [0, 0.05) is 23.5 Å². The van der Waals surface area contributed by atoms with Crippen LogP contribution in [0.25, 0.3) is 11.3 Å². The number of hydrogen-bond donors (Lipinski definition) is 2. The molecule has 0 saturated carbocycles. The number of nitrogens with one attached hydrogen (secondary N) is 1. The van der Waals surface area contributed by atoms with Crippen LogP contribution in [0.2, 0.25) is 0 Å². The summed E-state index contributed by atoms with van der Waals surface area (Å²) in [5.41, 5.74) is 8.95. The maximum absolute atomic E-state index is 5.82. The number of rotatable bonds is 2. The van der Waals surface area contributed by atoms with Gasteiger partial charge < -0.3 is 5.73 Å². The van der Waals surface area contributed by atoms with Gasteiger partial charge in [-0.3, -0.25) is 10.1 Å². The average molecular weight is 202 g/mol. The smallest absolute Gasteiger partial charge is 0.149 e. The van der Waals surface area contributed by atoms with Gasteiger partial charge in [-0.1, -0.05) is 13.8 Å². The Kier molecular flexibility index (Phi) is 2.41. The molecule has 0 radical (unpaired) electrons. The van der Waals surface area contributed by atoms with Gasteiger partial charge in [-0.25, -0.2) is 0 Å². The van der Waals surface area contributed by atoms with E-state index in [1.54, 1.807) is 12.4 Å². The van der Waals surface area contributed by atoms with Crippen molar-refractivity contribution >= 4 is 5.82 Å². The minimum Gasteiger partial charge on any atom is -0.382 e. The summed E-state index contributed by atoms with van der Waals surface area (Å²) in [7, 11) is 0. The van der Waals surface area contributed by atoms with E-state index in [1.807, 2.05) is 12.1 Å². The number of hydrogen-bond acceptors (Lipinski definition) is 3. The molecular formula is C11H14N4. The van der Waals surface area contributed by atoms with E-state index in [1.165, 1.54) is 0 Å². The maximum atomic E-state index is 5.82. The van der Waals surface area contributed by atoms with Crippen molar-refractivity contribution in [3.63, 3.8) is 0 Å². The lowest BCUT2D eigenvalue weighted by Crippen LogP contribution is -1.95. The van der Waals surface area contributed by atoms with Gasteiger partial charge in [0.1, 0.15) is 5.82 Å². The third-order valence-electron chi connectivity index (χ3n) is 2.38. The Hall–Kier alpha value is -1.84. The number of H-pyrrole nitrogens is 1. The van der Waals surface area contributed by atoms with Crippen molar-refractivity contribution in [2.45, 2.75) is 19.8 Å². The molecule has 2 heterocycles. The Morgan fingerprint density at radius 1 is 1.27 bits per heavy atom. The Labute approximate surface area is 88.5 Å². The fraction of sp³-hybridized carbons (Fsp3) is 0.273. The highest BCUT2D eigenvalue weighted by atomic mass is 15.2. The van der Waals surface area contributed by atoms with E-state index in [0.29, 0.717) is 11.7 Å². The van der Waals surface area contributed by atoms with E-state index in [2.05, 4.69) is 29.0 Å². The highest BCUT2D eigenvalue weighted by molar-refractivity contribution is 5.68. The van der Waals surface area contributed by atoms with Crippen molar-refractivity contribution in [3.05, 3.63) is 30.1 Å². The predicted octanol–water partition coefficient (Wildman–Crippen LogP) is 2.18. The summed E-state index contributed by atoms with van der Waals surface area (Å²) in [5.74, 6) is 0.934. The molecule has 0 saturated heterocycles. The van der Waals surface area contributed by atoms with E-state index >= 15 is 0 Å². The number of anilines is 1. The lowest BCUT2D eigenvalue weighted by Gasteiger charge is -2.06. The summed E-state index contributed by atoms with van der Waals surface area (Å²) in [4.78, 5) is 3.99. The normalized spacial score (nSPS) is 10.9. The van der Waals surface area contributed by atoms with Crippen LogP contribution >= 0.6 is 0 Å². The minimum atomic E-state index is 0.354. The molecule has 3 N–H and O–H groups in total. The van der Waals surface area contributed by atoms with Crippen molar-refractivity contribution in [3.8, 4) is 11.3 Å². The summed E-state index contributed by atoms with van der Waals surface area (Å²) in [6.07, 6.45) is 3.52. The molecule has 0 aliphatic heterocycles. The van der Waals surface area contributed by atoms with E-state index in [-0.39, 0.29) is 0 Å². The number of pyridine rings is 1. The van der Waals surface area contributed by atoms with Crippen LogP contribution in [-0.2, 0) is 0 Å². The zero-order valence-electron chi connectivity index (χ0n) is 8.86. The standard InChI is InChI=1S/C11H14N4/c1-7(2)9-10(14-15-11(9)12)8-3-5-13-6-4-8/h3-7H,1-2H3,(H3,12,14,15). The van der Waals surface area contributed by atoms with Gasteiger partial charge in [0.25, 0.3) is 0 Å². The Balaban J connectivity index is 2.54. The van der Waals surface area contributed by atoms with Crippen LogP contribution < -0.4 is 5.73 Å². The summed E-state index contributed by atoms with van der Waals surface area (Å²) in [6, 6.07) is 3.89. The molecule has 0 bridgehead atoms. The van der Waals surface area contributed by atoms with Gasteiger partial charge in [-0.15, -0.1) is 0 Å². The van der Waals surface area contributed by atoms with Crippen molar-refractivity contribution in [2.75, 3.05) is 5.73 Å². The van der Waals surface area contributed by atoms with Gasteiger partial charge in [-0.2, -0.15) is 5.10 Å². The molecule has 0 aromatic carbocycles. The second-order valence-electron chi connectivity index (χ2n) is 3.79. The second-order valence-corrected chi connectivity index (χ2v) is 3.79. The molecule has 0 fully saturated rings. The molecule has 0 spiro atoms. The Morgan fingerprint density at radius 2 is 1.93 bits per heavy atom. The molecule has 0 aliphatic carbocycles. The topological polar surface area (TPSA) is 67.6 Å². The average Bonchev–Trinajstić information content (AvgIpc) is 2.61. The summed E-state index contributed by atoms with van der Waals surface area (Å²) in [6.45, 7) is 4.21. The first kappa shape index (κ1) is 9.71. The van der Waals surface area contributed by atoms with Crippen LogP contribution in [0.4, 0.5) is 5.82 Å². The molecule has 2 aromatic heterocycles. The van der Waals surface area contributed by atoms with Crippen LogP contribution in [0.15, 0.2) is 24.5 Å². The number of aromatic amines is 1. The molecule has 0 atom stereocenters. The Bertz CT molecular complexity index is 445. The van der Waals surface area contributed by atoms with E-state index < -0.39 is 0 Å². The lowest BCUT2D eigenvalue weighted by molar-refractivity contribution is 0.873. The number of aromatic nitrogens is 3. The number of nitrogens with zero attached hydrogens (tertiary/aromatic N) is 2. The zero-order valence-corrected chi connectivity index (χ0v) is 8.86. The fourth-order valence-corrected chi connectivity index (χ4v) is 1.69. The van der Waals surface area contributed by atoms with Gasteiger partial charge in [0.05, 0.1) is 5.69 Å². The van der Waals surface area contributed by atoms with Crippen molar-refractivity contribution < 1.29 is 0 Å². The highest BCUT2D eigenvalue weighted by Crippen LogP contribution is 2.30. The first-order valence-electron chi connectivity index (χ1n) is 4.94. The van der Waals surface area contributed by atoms with Crippen LogP contribution in [0, 0.1) is 0 Å². The summed E-state index contributed by atoms with van der Waals surface area (Å²) in [5, 5.41) is 7.02. The van der Waals surface area contributed by atoms with Crippen molar-refractivity contribution in [1.29, 1.82) is 0 Å². The second kappa shape index (κ2) is 3.73. The first-order chi connectivity index (χ1) is 7.20. The predicted molar refractivity (Wildman–Crippen MR) is 60.3 cm³/mol. The van der Waals surface area contributed by atoms with E-state index in [0.717, 1.165) is 16.8 Å². The van der Waals surface area contributed by atoms with Gasteiger partial charge in [-0.05, 0) is 18.1 Å². The monoisotopic (exact) mass is 202 g/mol. The molecule has 15 heavy (non-hydrogen) atoms. The summed E-state index contributed by atoms with van der Waals surface area (Å²) < 4.78 is 0. The zero-order chi connectivity index (χ0) is 10.8. The molecule has 78 valence electrons. The van der Waals surface area contributed by atoms with Crippen LogP contribution in [-0.4, -0.2) is 15.2 Å². The fourth-order valence-electron chi connectivity index (χ4n) is 1.69. The molecule has 4 nitrogen and oxygen atoms in total. The van der Waals surface area contributed by atoms with E-state index in [4.69, 9.17) is 5.73 Å². The molecule has 0 aliphatic rings. The maximum Gasteiger partial charge on any atom is 0.149 e. The Morgan fingerprint density at radius 3 is 2.53 bits per heavy atom. The SMILES string of the molecule is CC(C)c1c(N)n[nH]c1-c1ccncc1. The molecule has 2 rings (SSSR count). The van der Waals surface area contributed by atoms with E-state index in [9.17, 15) is 0 Å². The molecule has 4 heteroatoms. The largest absolute Gasteiger partial charge is 0.382 e. The molecule has 0 amide bonds. The molecular weight excluding hydrogens is 188 g/mol. The summed E-state index contributed by atoms with van der Waals surface area (Å²) >= 11 is 0. The van der Waals surface area contributed by atoms with Crippen LogP contribution in [0.1, 0.15) is 25.3 Å². The lowest BCUT2D eigenvalue weighted by atomic mass is 9.99. The minimum absolute atomic E-state index is 0.354. The number of nitrogen functional groups attached to an aromatic ring is 1.